The second kappa shape index (κ2) is 4.58. The molecule has 13 heavy (non-hydrogen) atoms. The van der Waals surface area contributed by atoms with Gasteiger partial charge in [-0.3, -0.25) is 10.2 Å². The van der Waals surface area contributed by atoms with E-state index >= 15 is 0 Å². The van der Waals surface area contributed by atoms with E-state index in [1.807, 2.05) is 21.1 Å². The van der Waals surface area contributed by atoms with Crippen molar-refractivity contribution in [2.24, 2.45) is 5.92 Å². The minimum atomic E-state index is 0.155. The fourth-order valence-electron chi connectivity index (χ4n) is 1.79. The summed E-state index contributed by atoms with van der Waals surface area (Å²) in [5.74, 6) is 0.350. The van der Waals surface area contributed by atoms with E-state index in [1.54, 1.807) is 5.01 Å². The predicted octanol–water partition coefficient (Wildman–Crippen LogP) is -0.0327. The first-order chi connectivity index (χ1) is 6.13. The van der Waals surface area contributed by atoms with Crippen molar-refractivity contribution >= 4 is 5.91 Å². The highest BCUT2D eigenvalue weighted by Crippen LogP contribution is 2.25. The maximum absolute atomic E-state index is 11.5. The zero-order valence-corrected chi connectivity index (χ0v) is 8.63. The lowest BCUT2D eigenvalue weighted by atomic mass is 10.1. The first-order valence-corrected chi connectivity index (χ1v) is 4.78. The first kappa shape index (κ1) is 10.5. The molecule has 0 bridgehead atoms. The molecule has 4 heteroatoms. The van der Waals surface area contributed by atoms with E-state index < -0.39 is 0 Å². The lowest BCUT2D eigenvalue weighted by Gasteiger charge is -2.15. The Morgan fingerprint density at radius 3 is 2.54 bits per heavy atom. The van der Waals surface area contributed by atoms with Crippen molar-refractivity contribution in [3.63, 3.8) is 0 Å². The van der Waals surface area contributed by atoms with Crippen molar-refractivity contribution in [2.75, 3.05) is 21.1 Å². The van der Waals surface area contributed by atoms with Gasteiger partial charge >= 0.3 is 0 Å². The van der Waals surface area contributed by atoms with Gasteiger partial charge in [-0.15, -0.1) is 0 Å². The van der Waals surface area contributed by atoms with Crippen LogP contribution in [0.4, 0.5) is 0 Å². The summed E-state index contributed by atoms with van der Waals surface area (Å²) < 4.78 is 0. The molecule has 1 aliphatic carbocycles. The molecule has 1 saturated carbocycles. The summed E-state index contributed by atoms with van der Waals surface area (Å²) in [4.78, 5) is 11.5. The second-order valence-corrected chi connectivity index (χ2v) is 3.87. The van der Waals surface area contributed by atoms with Crippen molar-refractivity contribution in [3.05, 3.63) is 0 Å². The van der Waals surface area contributed by atoms with Crippen LogP contribution in [0.3, 0.4) is 0 Å². The fraction of sp³-hybridized carbons (Fsp3) is 0.889. The molecule has 1 fully saturated rings. The van der Waals surface area contributed by atoms with Crippen LogP contribution in [0.5, 0.6) is 0 Å². The van der Waals surface area contributed by atoms with Crippen LogP contribution in [-0.2, 0) is 4.79 Å². The zero-order chi connectivity index (χ0) is 9.84. The van der Waals surface area contributed by atoms with Crippen LogP contribution in [0.15, 0.2) is 0 Å². The number of hydrogen-bond donors (Lipinski definition) is 2. The monoisotopic (exact) mass is 185 g/mol. The SMILES string of the molecule is CNC1CCC(C(=O)NN(C)C)C1. The molecule has 0 aromatic heterocycles. The van der Waals surface area contributed by atoms with Gasteiger partial charge in [0.15, 0.2) is 0 Å². The zero-order valence-electron chi connectivity index (χ0n) is 8.63. The van der Waals surface area contributed by atoms with Crippen LogP contribution in [0.25, 0.3) is 0 Å². The number of carbonyl (C=O) groups is 1. The molecule has 1 amide bonds. The van der Waals surface area contributed by atoms with Gasteiger partial charge < -0.3 is 5.32 Å². The normalized spacial score (nSPS) is 28.0. The summed E-state index contributed by atoms with van der Waals surface area (Å²) in [5.41, 5.74) is 2.80. The van der Waals surface area contributed by atoms with Gasteiger partial charge in [0, 0.05) is 26.1 Å². The molecule has 0 spiro atoms. The van der Waals surface area contributed by atoms with Crippen LogP contribution in [0, 0.1) is 5.92 Å². The van der Waals surface area contributed by atoms with Gasteiger partial charge in [-0.25, -0.2) is 5.01 Å². The Morgan fingerprint density at radius 1 is 1.38 bits per heavy atom. The first-order valence-electron chi connectivity index (χ1n) is 4.78. The minimum absolute atomic E-state index is 0.155. The molecular formula is C9H19N3O. The molecule has 1 rings (SSSR count). The van der Waals surface area contributed by atoms with Crippen molar-refractivity contribution in [1.29, 1.82) is 0 Å². The summed E-state index contributed by atoms with van der Waals surface area (Å²) in [6.45, 7) is 0. The van der Waals surface area contributed by atoms with Gasteiger partial charge in [0.1, 0.15) is 0 Å². The van der Waals surface area contributed by atoms with Gasteiger partial charge in [-0.2, -0.15) is 0 Å². The largest absolute Gasteiger partial charge is 0.317 e. The average molecular weight is 185 g/mol. The highest BCUT2D eigenvalue weighted by Gasteiger charge is 2.28. The molecule has 1 aliphatic rings. The number of hydrogen-bond acceptors (Lipinski definition) is 3. The third-order valence-electron chi connectivity index (χ3n) is 2.55. The van der Waals surface area contributed by atoms with Crippen molar-refractivity contribution in [3.8, 4) is 0 Å². The molecule has 2 N–H and O–H groups in total. The Kier molecular flexibility index (Phi) is 3.69. The molecule has 2 unspecified atom stereocenters. The van der Waals surface area contributed by atoms with Crippen LogP contribution in [-0.4, -0.2) is 38.1 Å². The Morgan fingerprint density at radius 2 is 2.08 bits per heavy atom. The molecule has 0 radical (unpaired) electrons. The van der Waals surface area contributed by atoms with Crippen LogP contribution in [0.1, 0.15) is 19.3 Å². The second-order valence-electron chi connectivity index (χ2n) is 3.87. The average Bonchev–Trinajstić information content (AvgIpc) is 2.50. The number of nitrogens with zero attached hydrogens (tertiary/aromatic N) is 1. The standard InChI is InChI=1S/C9H19N3O/c1-10-8-5-4-7(6-8)9(13)11-12(2)3/h7-8,10H,4-6H2,1-3H3,(H,11,13). The van der Waals surface area contributed by atoms with Gasteiger partial charge in [0.05, 0.1) is 0 Å². The van der Waals surface area contributed by atoms with E-state index in [2.05, 4.69) is 10.7 Å². The Balaban J connectivity index is 2.33. The van der Waals surface area contributed by atoms with Gasteiger partial charge in [-0.1, -0.05) is 0 Å². The van der Waals surface area contributed by atoms with Crippen LogP contribution in [0.2, 0.25) is 0 Å². The predicted molar refractivity (Wildman–Crippen MR) is 52.0 cm³/mol. The Hall–Kier alpha value is -0.610. The Labute approximate surface area is 79.6 Å². The molecule has 2 atom stereocenters. The third-order valence-corrected chi connectivity index (χ3v) is 2.55. The minimum Gasteiger partial charge on any atom is -0.317 e. The van der Waals surface area contributed by atoms with Crippen molar-refractivity contribution in [2.45, 2.75) is 25.3 Å². The van der Waals surface area contributed by atoms with E-state index in [-0.39, 0.29) is 11.8 Å². The van der Waals surface area contributed by atoms with Gasteiger partial charge in [0.25, 0.3) is 0 Å². The summed E-state index contributed by atoms with van der Waals surface area (Å²) >= 11 is 0. The molecule has 76 valence electrons. The summed E-state index contributed by atoms with van der Waals surface area (Å²) in [7, 11) is 5.63. The number of carbonyl (C=O) groups excluding carboxylic acids is 1. The summed E-state index contributed by atoms with van der Waals surface area (Å²) in [5, 5.41) is 4.91. The molecule has 0 aromatic rings. The van der Waals surface area contributed by atoms with Crippen molar-refractivity contribution in [1.82, 2.24) is 15.8 Å². The van der Waals surface area contributed by atoms with Crippen LogP contribution < -0.4 is 10.7 Å². The lowest BCUT2D eigenvalue weighted by molar-refractivity contribution is -0.128. The smallest absolute Gasteiger partial charge is 0.237 e. The molecule has 0 aliphatic heterocycles. The fourth-order valence-corrected chi connectivity index (χ4v) is 1.79. The van der Waals surface area contributed by atoms with E-state index in [9.17, 15) is 4.79 Å². The molecule has 0 heterocycles. The van der Waals surface area contributed by atoms with Gasteiger partial charge in [-0.05, 0) is 26.3 Å². The summed E-state index contributed by atoms with van der Waals surface area (Å²) in [6.07, 6.45) is 3.09. The van der Waals surface area contributed by atoms with Crippen LogP contribution >= 0.6 is 0 Å². The number of nitrogens with one attached hydrogen (secondary N) is 2. The number of hydrazine groups is 1. The van der Waals surface area contributed by atoms with E-state index in [0.717, 1.165) is 19.3 Å². The highest BCUT2D eigenvalue weighted by molar-refractivity contribution is 5.78. The van der Waals surface area contributed by atoms with E-state index in [1.165, 1.54) is 0 Å². The Bertz CT molecular complexity index is 182. The maximum Gasteiger partial charge on any atom is 0.237 e. The van der Waals surface area contributed by atoms with Crippen molar-refractivity contribution < 1.29 is 4.79 Å². The third kappa shape index (κ3) is 2.97. The molecule has 4 nitrogen and oxygen atoms in total. The highest BCUT2D eigenvalue weighted by atomic mass is 16.2. The number of amides is 1. The molecular weight excluding hydrogens is 166 g/mol. The number of rotatable bonds is 3. The quantitative estimate of drug-likeness (QED) is 0.607. The molecule has 0 aromatic carbocycles. The van der Waals surface area contributed by atoms with E-state index in [0.29, 0.717) is 6.04 Å². The van der Waals surface area contributed by atoms with Gasteiger partial charge in [0.2, 0.25) is 5.91 Å². The van der Waals surface area contributed by atoms with E-state index in [4.69, 9.17) is 0 Å². The lowest BCUT2D eigenvalue weighted by Crippen LogP contribution is -2.40. The topological polar surface area (TPSA) is 44.4 Å². The summed E-state index contributed by atoms with van der Waals surface area (Å²) in [6, 6.07) is 0.526. The maximum atomic E-state index is 11.5. The molecule has 0 saturated heterocycles.